The first-order chi connectivity index (χ1) is 9.28. The highest BCUT2D eigenvalue weighted by Gasteiger charge is 1.99. The van der Waals surface area contributed by atoms with Crippen molar-refractivity contribution in [2.45, 2.75) is 6.42 Å². The van der Waals surface area contributed by atoms with Crippen molar-refractivity contribution in [3.05, 3.63) is 48.5 Å². The molecule has 4 heteroatoms. The van der Waals surface area contributed by atoms with Crippen LogP contribution in [0.5, 0.6) is 23.0 Å². The summed E-state index contributed by atoms with van der Waals surface area (Å²) in [5.74, 6) is 3.00. The number of halogens is 1. The molecular formula is C15H15ClO3. The molecule has 2 rings (SSSR count). The van der Waals surface area contributed by atoms with E-state index in [1.54, 1.807) is 24.3 Å². The molecule has 2 aromatic rings. The SMILES string of the molecule is Oc1ccc(Oc2ccc(OCCCCl)cc2)cc1. The lowest BCUT2D eigenvalue weighted by Gasteiger charge is -2.08. The Morgan fingerprint density at radius 3 is 1.95 bits per heavy atom. The second-order valence-corrected chi connectivity index (χ2v) is 4.34. The van der Waals surface area contributed by atoms with Crippen molar-refractivity contribution < 1.29 is 14.6 Å². The maximum atomic E-state index is 9.18. The Kier molecular flexibility index (Phi) is 4.93. The van der Waals surface area contributed by atoms with Crippen molar-refractivity contribution in [1.29, 1.82) is 0 Å². The highest BCUT2D eigenvalue weighted by molar-refractivity contribution is 6.17. The first-order valence-corrected chi connectivity index (χ1v) is 6.57. The molecule has 1 N–H and O–H groups in total. The van der Waals surface area contributed by atoms with Gasteiger partial charge in [-0.2, -0.15) is 0 Å². The van der Waals surface area contributed by atoms with Crippen LogP contribution in [0.4, 0.5) is 0 Å². The molecule has 100 valence electrons. The number of alkyl halides is 1. The van der Waals surface area contributed by atoms with E-state index in [1.807, 2.05) is 24.3 Å². The van der Waals surface area contributed by atoms with E-state index in [0.29, 0.717) is 18.2 Å². The number of benzene rings is 2. The van der Waals surface area contributed by atoms with Crippen molar-refractivity contribution in [1.82, 2.24) is 0 Å². The minimum Gasteiger partial charge on any atom is -0.508 e. The topological polar surface area (TPSA) is 38.7 Å². The maximum Gasteiger partial charge on any atom is 0.127 e. The maximum absolute atomic E-state index is 9.18. The summed E-state index contributed by atoms with van der Waals surface area (Å²) in [6.07, 6.45) is 0.827. The lowest BCUT2D eigenvalue weighted by Crippen LogP contribution is -1.97. The number of aromatic hydroxyl groups is 1. The third-order valence-corrected chi connectivity index (χ3v) is 2.71. The van der Waals surface area contributed by atoms with Gasteiger partial charge in [0.15, 0.2) is 0 Å². The van der Waals surface area contributed by atoms with E-state index in [2.05, 4.69) is 0 Å². The Morgan fingerprint density at radius 2 is 1.37 bits per heavy atom. The van der Waals surface area contributed by atoms with Crippen LogP contribution in [0.3, 0.4) is 0 Å². The second-order valence-electron chi connectivity index (χ2n) is 3.96. The predicted molar refractivity (Wildman–Crippen MR) is 75.5 cm³/mol. The molecule has 0 amide bonds. The Hall–Kier alpha value is -1.87. The van der Waals surface area contributed by atoms with Gasteiger partial charge in [-0.15, -0.1) is 11.6 Å². The second kappa shape index (κ2) is 6.90. The van der Waals surface area contributed by atoms with Crippen molar-refractivity contribution >= 4 is 11.6 Å². The van der Waals surface area contributed by atoms with E-state index < -0.39 is 0 Å². The zero-order valence-corrected chi connectivity index (χ0v) is 11.1. The molecule has 0 fully saturated rings. The van der Waals surface area contributed by atoms with Crippen LogP contribution in [0.25, 0.3) is 0 Å². The molecule has 0 radical (unpaired) electrons. The highest BCUT2D eigenvalue weighted by atomic mass is 35.5. The van der Waals surface area contributed by atoms with Gasteiger partial charge in [0.05, 0.1) is 6.61 Å². The lowest BCUT2D eigenvalue weighted by atomic mass is 10.3. The van der Waals surface area contributed by atoms with Crippen LogP contribution in [0.1, 0.15) is 6.42 Å². The van der Waals surface area contributed by atoms with Gasteiger partial charge < -0.3 is 14.6 Å². The number of phenols is 1. The van der Waals surface area contributed by atoms with Gasteiger partial charge in [-0.25, -0.2) is 0 Å². The Labute approximate surface area is 117 Å². The number of ether oxygens (including phenoxy) is 2. The third-order valence-electron chi connectivity index (χ3n) is 2.44. The summed E-state index contributed by atoms with van der Waals surface area (Å²) in [4.78, 5) is 0. The summed E-state index contributed by atoms with van der Waals surface area (Å²) in [5.41, 5.74) is 0. The number of hydrogen-bond donors (Lipinski definition) is 1. The predicted octanol–water partition coefficient (Wildman–Crippen LogP) is 4.19. The molecule has 0 atom stereocenters. The Morgan fingerprint density at radius 1 is 0.842 bits per heavy atom. The molecular weight excluding hydrogens is 264 g/mol. The van der Waals surface area contributed by atoms with Crippen LogP contribution in [-0.4, -0.2) is 17.6 Å². The summed E-state index contributed by atoms with van der Waals surface area (Å²) >= 11 is 5.58. The summed E-state index contributed by atoms with van der Waals surface area (Å²) in [6.45, 7) is 0.613. The first-order valence-electron chi connectivity index (χ1n) is 6.03. The van der Waals surface area contributed by atoms with Gasteiger partial charge in [-0.05, 0) is 55.0 Å². The van der Waals surface area contributed by atoms with Crippen LogP contribution >= 0.6 is 11.6 Å². The van der Waals surface area contributed by atoms with Crippen molar-refractivity contribution in [2.24, 2.45) is 0 Å². The molecule has 0 aliphatic rings. The summed E-state index contributed by atoms with van der Waals surface area (Å²) < 4.78 is 11.1. The quantitative estimate of drug-likeness (QED) is 0.636. The van der Waals surface area contributed by atoms with Crippen LogP contribution in [0, 0.1) is 0 Å². The molecule has 0 saturated carbocycles. The summed E-state index contributed by atoms with van der Waals surface area (Å²) in [7, 11) is 0. The standard InChI is InChI=1S/C15H15ClO3/c16-10-1-11-18-13-6-8-15(9-7-13)19-14-4-2-12(17)3-5-14/h2-9,17H,1,10-11H2. The van der Waals surface area contributed by atoms with Gasteiger partial charge >= 0.3 is 0 Å². The molecule has 0 aliphatic heterocycles. The molecule has 0 bridgehead atoms. The monoisotopic (exact) mass is 278 g/mol. The van der Waals surface area contributed by atoms with Crippen molar-refractivity contribution in [2.75, 3.05) is 12.5 Å². The van der Waals surface area contributed by atoms with Gasteiger partial charge in [-0.1, -0.05) is 0 Å². The molecule has 0 heterocycles. The van der Waals surface area contributed by atoms with E-state index in [9.17, 15) is 5.11 Å². The summed E-state index contributed by atoms with van der Waals surface area (Å²) in [5, 5.41) is 9.18. The number of hydrogen-bond acceptors (Lipinski definition) is 3. The minimum atomic E-state index is 0.218. The van der Waals surface area contributed by atoms with Gasteiger partial charge in [-0.3, -0.25) is 0 Å². The summed E-state index contributed by atoms with van der Waals surface area (Å²) in [6, 6.07) is 14.0. The third kappa shape index (κ3) is 4.38. The molecule has 3 nitrogen and oxygen atoms in total. The van der Waals surface area contributed by atoms with E-state index in [-0.39, 0.29) is 5.75 Å². The van der Waals surface area contributed by atoms with E-state index >= 15 is 0 Å². The molecule has 0 unspecified atom stereocenters. The first kappa shape index (κ1) is 13.6. The fraction of sp³-hybridized carbons (Fsp3) is 0.200. The van der Waals surface area contributed by atoms with E-state index in [4.69, 9.17) is 21.1 Å². The fourth-order valence-electron chi connectivity index (χ4n) is 1.50. The largest absolute Gasteiger partial charge is 0.508 e. The van der Waals surface area contributed by atoms with Crippen LogP contribution < -0.4 is 9.47 Å². The average Bonchev–Trinajstić information content (AvgIpc) is 2.44. The Balaban J connectivity index is 1.92. The van der Waals surface area contributed by atoms with Gasteiger partial charge in [0.25, 0.3) is 0 Å². The zero-order chi connectivity index (χ0) is 13.5. The molecule has 0 spiro atoms. The molecule has 2 aromatic carbocycles. The number of phenolic OH excluding ortho intramolecular Hbond substituents is 1. The zero-order valence-electron chi connectivity index (χ0n) is 10.4. The normalized spacial score (nSPS) is 10.2. The molecule has 0 saturated heterocycles. The minimum absolute atomic E-state index is 0.218. The number of rotatable bonds is 6. The highest BCUT2D eigenvalue weighted by Crippen LogP contribution is 2.25. The molecule has 0 aliphatic carbocycles. The molecule has 19 heavy (non-hydrogen) atoms. The smallest absolute Gasteiger partial charge is 0.127 e. The molecule has 0 aromatic heterocycles. The van der Waals surface area contributed by atoms with Gasteiger partial charge in [0, 0.05) is 5.88 Å². The van der Waals surface area contributed by atoms with Crippen LogP contribution in [0.15, 0.2) is 48.5 Å². The van der Waals surface area contributed by atoms with Crippen LogP contribution in [0.2, 0.25) is 0 Å². The van der Waals surface area contributed by atoms with Gasteiger partial charge in [0.1, 0.15) is 23.0 Å². The Bertz CT molecular complexity index is 494. The van der Waals surface area contributed by atoms with E-state index in [0.717, 1.165) is 17.9 Å². The van der Waals surface area contributed by atoms with Gasteiger partial charge in [0.2, 0.25) is 0 Å². The average molecular weight is 279 g/mol. The fourth-order valence-corrected chi connectivity index (χ4v) is 1.61. The van der Waals surface area contributed by atoms with Crippen LogP contribution in [-0.2, 0) is 0 Å². The van der Waals surface area contributed by atoms with Crippen molar-refractivity contribution in [3.63, 3.8) is 0 Å². The van der Waals surface area contributed by atoms with E-state index in [1.165, 1.54) is 0 Å². The lowest BCUT2D eigenvalue weighted by molar-refractivity contribution is 0.318. The van der Waals surface area contributed by atoms with Crippen molar-refractivity contribution in [3.8, 4) is 23.0 Å².